The molecule has 0 saturated carbocycles. The molecule has 0 bridgehead atoms. The lowest BCUT2D eigenvalue weighted by molar-refractivity contribution is -0.120. The summed E-state index contributed by atoms with van der Waals surface area (Å²) in [6, 6.07) is 8.17. The van der Waals surface area contributed by atoms with Gasteiger partial charge in [0.1, 0.15) is 5.82 Å². The molecular formula is C20H24FN3OS. The Hall–Kier alpha value is -2.13. The van der Waals surface area contributed by atoms with Crippen LogP contribution in [0.25, 0.3) is 0 Å². The number of nitrogens with zero attached hydrogens (tertiary/aromatic N) is 3. The standard InChI is InChI=1S/C20H24FN3OS/c1-19(2,3)17-10-14(24(6)23-17)11-18(25)20(4,5)26-16-8-7-13(12-22)9-15(16)21/h7-10H,11H2,1-6H3. The summed E-state index contributed by atoms with van der Waals surface area (Å²) in [5, 5.41) is 13.3. The highest BCUT2D eigenvalue weighted by Gasteiger charge is 2.31. The van der Waals surface area contributed by atoms with Crippen molar-refractivity contribution in [2.75, 3.05) is 0 Å². The minimum Gasteiger partial charge on any atom is -0.298 e. The van der Waals surface area contributed by atoms with Gasteiger partial charge >= 0.3 is 0 Å². The zero-order valence-electron chi connectivity index (χ0n) is 16.1. The molecule has 0 aliphatic heterocycles. The number of hydrogen-bond acceptors (Lipinski definition) is 4. The normalized spacial score (nSPS) is 12.1. The highest BCUT2D eigenvalue weighted by atomic mass is 32.2. The van der Waals surface area contributed by atoms with E-state index < -0.39 is 10.6 Å². The first-order chi connectivity index (χ1) is 11.9. The minimum atomic E-state index is -0.804. The Morgan fingerprint density at radius 1 is 1.27 bits per heavy atom. The Morgan fingerprint density at radius 3 is 2.42 bits per heavy atom. The second kappa shape index (κ2) is 7.24. The fourth-order valence-electron chi connectivity index (χ4n) is 2.40. The Bertz CT molecular complexity index is 872. The van der Waals surface area contributed by atoms with Gasteiger partial charge < -0.3 is 0 Å². The van der Waals surface area contributed by atoms with E-state index in [1.165, 1.54) is 17.8 Å². The molecule has 4 nitrogen and oxygen atoms in total. The summed E-state index contributed by atoms with van der Waals surface area (Å²) in [7, 11) is 1.83. The fourth-order valence-corrected chi connectivity index (χ4v) is 3.43. The summed E-state index contributed by atoms with van der Waals surface area (Å²) in [5.74, 6) is -0.486. The van der Waals surface area contributed by atoms with E-state index >= 15 is 0 Å². The van der Waals surface area contributed by atoms with Crippen molar-refractivity contribution in [1.82, 2.24) is 9.78 Å². The predicted octanol–water partition coefficient (Wildman–Crippen LogP) is 4.41. The highest BCUT2D eigenvalue weighted by molar-refractivity contribution is 8.01. The van der Waals surface area contributed by atoms with E-state index in [4.69, 9.17) is 5.26 Å². The Kier molecular flexibility index (Phi) is 5.62. The second-order valence-corrected chi connectivity index (χ2v) is 9.53. The number of hydrogen-bond donors (Lipinski definition) is 0. The molecule has 0 unspecified atom stereocenters. The van der Waals surface area contributed by atoms with Crippen molar-refractivity contribution in [3.05, 3.63) is 47.0 Å². The lowest BCUT2D eigenvalue weighted by Gasteiger charge is -2.23. The molecule has 2 rings (SSSR count). The van der Waals surface area contributed by atoms with Gasteiger partial charge in [-0.25, -0.2) is 4.39 Å². The first kappa shape index (κ1) is 20.2. The lowest BCUT2D eigenvalue weighted by Crippen LogP contribution is -2.30. The van der Waals surface area contributed by atoms with Crippen LogP contribution in [0, 0.1) is 17.1 Å². The quantitative estimate of drug-likeness (QED) is 0.729. The number of aromatic nitrogens is 2. The molecule has 6 heteroatoms. The number of rotatable bonds is 5. The van der Waals surface area contributed by atoms with Crippen LogP contribution in [0.5, 0.6) is 0 Å². The third-order valence-corrected chi connectivity index (χ3v) is 5.47. The second-order valence-electron chi connectivity index (χ2n) is 7.86. The maximum Gasteiger partial charge on any atom is 0.154 e. The van der Waals surface area contributed by atoms with Crippen molar-refractivity contribution >= 4 is 17.5 Å². The molecule has 0 spiro atoms. The highest BCUT2D eigenvalue weighted by Crippen LogP contribution is 2.36. The van der Waals surface area contributed by atoms with Crippen molar-refractivity contribution in [3.63, 3.8) is 0 Å². The number of benzene rings is 1. The van der Waals surface area contributed by atoms with E-state index in [-0.39, 0.29) is 23.2 Å². The van der Waals surface area contributed by atoms with Crippen LogP contribution < -0.4 is 0 Å². The summed E-state index contributed by atoms with van der Waals surface area (Å²) >= 11 is 1.17. The molecule has 0 aliphatic rings. The van der Waals surface area contributed by atoms with Crippen molar-refractivity contribution in [3.8, 4) is 6.07 Å². The molecule has 0 fully saturated rings. The van der Waals surface area contributed by atoms with Crippen LogP contribution >= 0.6 is 11.8 Å². The summed E-state index contributed by atoms with van der Waals surface area (Å²) in [4.78, 5) is 13.2. The maximum absolute atomic E-state index is 14.2. The van der Waals surface area contributed by atoms with Crippen molar-refractivity contribution in [2.45, 2.75) is 56.1 Å². The summed E-state index contributed by atoms with van der Waals surface area (Å²) in [5.41, 5.74) is 1.95. The molecule has 0 amide bonds. The average Bonchev–Trinajstić information content (AvgIpc) is 2.90. The molecule has 1 aromatic carbocycles. The average molecular weight is 373 g/mol. The molecule has 1 heterocycles. The number of thioether (sulfide) groups is 1. The van der Waals surface area contributed by atoms with Gasteiger partial charge in [-0.1, -0.05) is 20.8 Å². The number of nitriles is 1. The first-order valence-corrected chi connectivity index (χ1v) is 9.21. The van der Waals surface area contributed by atoms with E-state index in [0.717, 1.165) is 11.4 Å². The zero-order valence-corrected chi connectivity index (χ0v) is 16.9. The fraction of sp³-hybridized carbons (Fsp3) is 0.450. The minimum absolute atomic E-state index is 0.00489. The third kappa shape index (κ3) is 4.53. The van der Waals surface area contributed by atoms with Gasteiger partial charge in [-0.15, -0.1) is 11.8 Å². The number of halogens is 1. The number of Topliss-reactive ketones (excluding diaryl/α,β-unsaturated/α-hetero) is 1. The van der Waals surface area contributed by atoms with E-state index in [9.17, 15) is 9.18 Å². The van der Waals surface area contributed by atoms with Gasteiger partial charge in [0.15, 0.2) is 5.78 Å². The summed E-state index contributed by atoms with van der Waals surface area (Å²) in [6.07, 6.45) is 0.234. The summed E-state index contributed by atoms with van der Waals surface area (Å²) in [6.45, 7) is 9.81. The molecule has 2 aromatic rings. The lowest BCUT2D eigenvalue weighted by atomic mass is 9.92. The van der Waals surface area contributed by atoms with Crippen LogP contribution in [-0.4, -0.2) is 20.3 Å². The number of aryl methyl sites for hydroxylation is 1. The van der Waals surface area contributed by atoms with Crippen LogP contribution in [0.1, 0.15) is 51.6 Å². The molecule has 26 heavy (non-hydrogen) atoms. The van der Waals surface area contributed by atoms with Crippen LogP contribution in [0.2, 0.25) is 0 Å². The van der Waals surface area contributed by atoms with E-state index in [0.29, 0.717) is 4.90 Å². The van der Waals surface area contributed by atoms with Crippen LogP contribution in [0.15, 0.2) is 29.2 Å². The molecule has 138 valence electrons. The molecular weight excluding hydrogens is 349 g/mol. The third-order valence-electron chi connectivity index (χ3n) is 4.18. The van der Waals surface area contributed by atoms with E-state index in [1.807, 2.05) is 19.2 Å². The Balaban J connectivity index is 2.18. The summed E-state index contributed by atoms with van der Waals surface area (Å²) < 4.78 is 15.1. The number of carbonyl (C=O) groups is 1. The van der Waals surface area contributed by atoms with Crippen molar-refractivity contribution < 1.29 is 9.18 Å². The maximum atomic E-state index is 14.2. The van der Waals surface area contributed by atoms with Crippen molar-refractivity contribution in [1.29, 1.82) is 5.26 Å². The number of ketones is 1. The van der Waals surface area contributed by atoms with Gasteiger partial charge in [-0.05, 0) is 38.1 Å². The molecule has 0 N–H and O–H groups in total. The molecule has 0 radical (unpaired) electrons. The van der Waals surface area contributed by atoms with Crippen LogP contribution in [-0.2, 0) is 23.7 Å². The molecule has 0 aliphatic carbocycles. The van der Waals surface area contributed by atoms with Gasteiger partial charge in [-0.2, -0.15) is 10.4 Å². The van der Waals surface area contributed by atoms with E-state index in [1.54, 1.807) is 30.7 Å². The van der Waals surface area contributed by atoms with Gasteiger partial charge in [0, 0.05) is 29.5 Å². The largest absolute Gasteiger partial charge is 0.298 e. The van der Waals surface area contributed by atoms with Gasteiger partial charge in [0.05, 0.1) is 22.1 Å². The monoisotopic (exact) mass is 373 g/mol. The van der Waals surface area contributed by atoms with Gasteiger partial charge in [-0.3, -0.25) is 9.48 Å². The Morgan fingerprint density at radius 2 is 1.92 bits per heavy atom. The zero-order chi connectivity index (χ0) is 19.7. The Labute approximate surface area is 158 Å². The van der Waals surface area contributed by atoms with Gasteiger partial charge in [0.2, 0.25) is 0 Å². The molecule has 0 atom stereocenters. The SMILES string of the molecule is Cn1nc(C(C)(C)C)cc1CC(=O)C(C)(C)Sc1ccc(C#N)cc1F. The van der Waals surface area contributed by atoms with Gasteiger partial charge in [0.25, 0.3) is 0 Å². The number of carbonyl (C=O) groups excluding carboxylic acids is 1. The first-order valence-electron chi connectivity index (χ1n) is 8.39. The molecule has 1 aromatic heterocycles. The topological polar surface area (TPSA) is 58.7 Å². The van der Waals surface area contributed by atoms with E-state index in [2.05, 4.69) is 25.9 Å². The smallest absolute Gasteiger partial charge is 0.154 e. The van der Waals surface area contributed by atoms with Crippen LogP contribution in [0.4, 0.5) is 4.39 Å². The van der Waals surface area contributed by atoms with Crippen LogP contribution in [0.3, 0.4) is 0 Å². The van der Waals surface area contributed by atoms with Crippen molar-refractivity contribution in [2.24, 2.45) is 7.05 Å². The predicted molar refractivity (Wildman–Crippen MR) is 102 cm³/mol. The molecule has 0 saturated heterocycles.